The quantitative estimate of drug-likeness (QED) is 0.492. The maximum atomic E-state index is 12.7. The molecule has 0 aliphatic rings. The topological polar surface area (TPSA) is 50.4 Å². The van der Waals surface area contributed by atoms with E-state index in [4.69, 9.17) is 28.4 Å². The Morgan fingerprint density at radius 2 is 1.95 bits per heavy atom. The summed E-state index contributed by atoms with van der Waals surface area (Å²) in [6.07, 6.45) is -5.21. The van der Waals surface area contributed by atoms with E-state index in [-0.39, 0.29) is 22.4 Å². The van der Waals surface area contributed by atoms with Gasteiger partial charge in [-0.2, -0.15) is 13.2 Å². The van der Waals surface area contributed by atoms with Gasteiger partial charge in [0.1, 0.15) is 12.2 Å². The molecule has 120 valence electrons. The summed E-state index contributed by atoms with van der Waals surface area (Å²) in [7, 11) is 0. The number of benzene rings is 1. The van der Waals surface area contributed by atoms with Gasteiger partial charge in [0.15, 0.2) is 0 Å². The summed E-state index contributed by atoms with van der Waals surface area (Å²) in [5, 5.41) is 12.4. The Balaban J connectivity index is 2.61. The van der Waals surface area contributed by atoms with Gasteiger partial charge >= 0.3 is 6.18 Å². The van der Waals surface area contributed by atoms with Gasteiger partial charge in [-0.3, -0.25) is 0 Å². The molecule has 0 radical (unpaired) electrons. The molecule has 22 heavy (non-hydrogen) atoms. The van der Waals surface area contributed by atoms with Gasteiger partial charge in [0.2, 0.25) is 0 Å². The van der Waals surface area contributed by atoms with Gasteiger partial charge in [0, 0.05) is 0 Å². The molecular formula is C13H12Cl2F3N3O. The molecule has 0 bridgehead atoms. The first-order valence-electron chi connectivity index (χ1n) is 6.36. The molecule has 0 saturated heterocycles. The van der Waals surface area contributed by atoms with Crippen molar-refractivity contribution in [1.29, 1.82) is 0 Å². The average Bonchev–Trinajstić information content (AvgIpc) is 2.71. The number of rotatable bonds is 4. The Morgan fingerprint density at radius 1 is 1.32 bits per heavy atom. The Hall–Kier alpha value is -1.47. The molecule has 4 nitrogen and oxygen atoms in total. The van der Waals surface area contributed by atoms with Crippen molar-refractivity contribution >= 4 is 39.9 Å². The van der Waals surface area contributed by atoms with E-state index in [9.17, 15) is 13.2 Å². The molecule has 0 saturated carbocycles. The highest BCUT2D eigenvalue weighted by Crippen LogP contribution is 2.30. The summed E-state index contributed by atoms with van der Waals surface area (Å²) in [5.74, 6) is -0.185. The van der Waals surface area contributed by atoms with E-state index in [1.807, 2.05) is 0 Å². The predicted molar refractivity (Wildman–Crippen MR) is 79.0 cm³/mol. The summed E-state index contributed by atoms with van der Waals surface area (Å²) < 4.78 is 39.5. The number of nitrogens with zero attached hydrogens (tertiary/aromatic N) is 3. The molecule has 0 spiro atoms. The number of imidazole rings is 1. The van der Waals surface area contributed by atoms with E-state index < -0.39 is 12.6 Å². The molecule has 2 rings (SSSR count). The molecule has 1 heterocycles. The number of alkyl halides is 3. The van der Waals surface area contributed by atoms with Crippen LogP contribution in [0, 0.1) is 0 Å². The summed E-state index contributed by atoms with van der Waals surface area (Å²) >= 11 is 11.8. The van der Waals surface area contributed by atoms with E-state index in [0.29, 0.717) is 23.2 Å². The fraction of sp³-hybridized carbons (Fsp3) is 0.385. The second kappa shape index (κ2) is 6.34. The highest BCUT2D eigenvalue weighted by atomic mass is 35.5. The maximum Gasteiger partial charge on any atom is 0.396 e. The summed E-state index contributed by atoms with van der Waals surface area (Å²) in [6, 6.07) is 2.87. The van der Waals surface area contributed by atoms with Crippen molar-refractivity contribution in [3.8, 4) is 0 Å². The maximum absolute atomic E-state index is 12.7. The summed E-state index contributed by atoms with van der Waals surface area (Å²) in [5.41, 5.74) is 1.04. The Bertz CT molecular complexity index is 725. The van der Waals surface area contributed by atoms with Crippen LogP contribution in [0.1, 0.15) is 19.2 Å². The number of aromatic nitrogens is 2. The Kier molecular flexibility index (Phi) is 4.87. The highest BCUT2D eigenvalue weighted by molar-refractivity contribution is 6.42. The van der Waals surface area contributed by atoms with Crippen molar-refractivity contribution in [2.45, 2.75) is 32.5 Å². The Morgan fingerprint density at radius 3 is 2.50 bits per heavy atom. The van der Waals surface area contributed by atoms with Crippen LogP contribution in [-0.4, -0.2) is 26.6 Å². The zero-order valence-electron chi connectivity index (χ0n) is 11.5. The predicted octanol–water partition coefficient (Wildman–Crippen LogP) is 4.69. The van der Waals surface area contributed by atoms with Crippen molar-refractivity contribution in [2.75, 3.05) is 0 Å². The van der Waals surface area contributed by atoms with Gasteiger partial charge in [0.25, 0.3) is 0 Å². The van der Waals surface area contributed by atoms with Crippen LogP contribution in [0.15, 0.2) is 17.3 Å². The van der Waals surface area contributed by atoms with Crippen LogP contribution in [-0.2, 0) is 13.0 Å². The van der Waals surface area contributed by atoms with E-state index >= 15 is 0 Å². The molecule has 0 atom stereocenters. The fourth-order valence-electron chi connectivity index (χ4n) is 2.06. The zero-order chi connectivity index (χ0) is 16.5. The average molecular weight is 354 g/mol. The number of fused-ring (bicyclic) bond motifs is 1. The zero-order valence-corrected chi connectivity index (χ0v) is 13.0. The lowest BCUT2D eigenvalue weighted by atomic mass is 10.2. The number of oxime groups is 1. The largest absolute Gasteiger partial charge is 0.411 e. The SMILES string of the molecule is CC/C(Cn1c(CC(F)(F)F)nc2cc(Cl)c(Cl)cc21)=N\O. The molecule has 1 aromatic heterocycles. The van der Waals surface area contributed by atoms with Crippen molar-refractivity contribution < 1.29 is 18.4 Å². The third kappa shape index (κ3) is 3.64. The van der Waals surface area contributed by atoms with Gasteiger partial charge < -0.3 is 9.77 Å². The molecule has 0 amide bonds. The second-order valence-electron chi connectivity index (χ2n) is 4.68. The molecule has 1 aromatic carbocycles. The van der Waals surface area contributed by atoms with Gasteiger partial charge in [-0.15, -0.1) is 0 Å². The lowest BCUT2D eigenvalue weighted by Gasteiger charge is -2.11. The molecule has 0 fully saturated rings. The van der Waals surface area contributed by atoms with E-state index in [2.05, 4.69) is 10.1 Å². The van der Waals surface area contributed by atoms with Crippen molar-refractivity contribution in [3.63, 3.8) is 0 Å². The van der Waals surface area contributed by atoms with Crippen LogP contribution >= 0.6 is 23.2 Å². The third-order valence-electron chi connectivity index (χ3n) is 3.12. The fourth-order valence-corrected chi connectivity index (χ4v) is 2.37. The molecule has 9 heteroatoms. The monoisotopic (exact) mass is 353 g/mol. The van der Waals surface area contributed by atoms with Crippen LogP contribution in [0.4, 0.5) is 13.2 Å². The molecular weight excluding hydrogens is 342 g/mol. The standard InChI is InChI=1S/C13H12Cl2F3N3O/c1-2-7(20-22)6-21-11-4-9(15)8(14)3-10(11)19-12(21)5-13(16,17)18/h3-4,22H,2,5-6H2,1H3/b20-7+. The first kappa shape index (κ1) is 16.9. The van der Waals surface area contributed by atoms with Gasteiger partial charge in [0.05, 0.1) is 33.3 Å². The Labute approximate surface area is 134 Å². The van der Waals surface area contributed by atoms with E-state index in [1.165, 1.54) is 16.7 Å². The number of halogens is 5. The molecule has 0 unspecified atom stereocenters. The van der Waals surface area contributed by atoms with Gasteiger partial charge in [-0.05, 0) is 18.6 Å². The number of hydrogen-bond acceptors (Lipinski definition) is 3. The lowest BCUT2D eigenvalue weighted by Crippen LogP contribution is -2.19. The highest BCUT2D eigenvalue weighted by Gasteiger charge is 2.31. The van der Waals surface area contributed by atoms with Gasteiger partial charge in [-0.25, -0.2) is 4.98 Å². The van der Waals surface area contributed by atoms with Crippen molar-refractivity contribution in [3.05, 3.63) is 28.0 Å². The molecule has 1 N–H and O–H groups in total. The number of hydrogen-bond donors (Lipinski definition) is 1. The third-order valence-corrected chi connectivity index (χ3v) is 3.84. The summed E-state index contributed by atoms with van der Waals surface area (Å²) in [4.78, 5) is 3.98. The van der Waals surface area contributed by atoms with Crippen LogP contribution in [0.3, 0.4) is 0 Å². The van der Waals surface area contributed by atoms with Crippen LogP contribution in [0.2, 0.25) is 10.0 Å². The molecule has 0 aliphatic heterocycles. The first-order chi connectivity index (χ1) is 10.2. The molecule has 0 aliphatic carbocycles. The lowest BCUT2D eigenvalue weighted by molar-refractivity contribution is -0.128. The minimum absolute atomic E-state index is 0.00707. The van der Waals surface area contributed by atoms with Crippen molar-refractivity contribution in [1.82, 2.24) is 9.55 Å². The van der Waals surface area contributed by atoms with E-state index in [1.54, 1.807) is 6.92 Å². The first-order valence-corrected chi connectivity index (χ1v) is 7.11. The molecule has 2 aromatic rings. The second-order valence-corrected chi connectivity index (χ2v) is 5.50. The van der Waals surface area contributed by atoms with Crippen molar-refractivity contribution in [2.24, 2.45) is 5.16 Å². The van der Waals surface area contributed by atoms with Crippen LogP contribution in [0.5, 0.6) is 0 Å². The summed E-state index contributed by atoms with van der Waals surface area (Å²) in [6.45, 7) is 1.73. The minimum Gasteiger partial charge on any atom is -0.411 e. The minimum atomic E-state index is -4.41. The van der Waals surface area contributed by atoms with Gasteiger partial charge in [-0.1, -0.05) is 35.3 Å². The van der Waals surface area contributed by atoms with Crippen LogP contribution in [0.25, 0.3) is 11.0 Å². The normalized spacial score (nSPS) is 13.1. The van der Waals surface area contributed by atoms with E-state index in [0.717, 1.165) is 0 Å². The van der Waals surface area contributed by atoms with Crippen LogP contribution < -0.4 is 0 Å². The smallest absolute Gasteiger partial charge is 0.396 e.